The van der Waals surface area contributed by atoms with Crippen LogP contribution >= 0.6 is 0 Å². The molecule has 0 saturated carbocycles. The number of halogens is 3. The molecule has 2 amide bonds. The summed E-state index contributed by atoms with van der Waals surface area (Å²) in [5.41, 5.74) is 5.33. The highest BCUT2D eigenvalue weighted by Gasteiger charge is 2.35. The monoisotopic (exact) mass is 449 g/mol. The number of nitrogens with zero attached hydrogens (tertiary/aromatic N) is 2. The van der Waals surface area contributed by atoms with Crippen LogP contribution < -0.4 is 16.4 Å². The van der Waals surface area contributed by atoms with Crippen molar-refractivity contribution in [1.82, 2.24) is 20.5 Å². The Kier molecular flexibility index (Phi) is 7.34. The van der Waals surface area contributed by atoms with Gasteiger partial charge in [0, 0.05) is 19.2 Å². The summed E-state index contributed by atoms with van der Waals surface area (Å²) in [6, 6.07) is 6.75. The van der Waals surface area contributed by atoms with E-state index >= 15 is 0 Å². The van der Waals surface area contributed by atoms with Crippen LogP contribution in [0.4, 0.5) is 19.0 Å². The Bertz CT molecular complexity index is 949. The molecule has 1 unspecified atom stereocenters. The number of likely N-dealkylation sites (N-methyl/N-ethyl adjacent to an activating group) is 1. The van der Waals surface area contributed by atoms with Gasteiger partial charge in [-0.15, -0.1) is 0 Å². The van der Waals surface area contributed by atoms with Crippen molar-refractivity contribution in [3.05, 3.63) is 59.3 Å². The largest absolute Gasteiger partial charge is 0.416 e. The number of rotatable bonds is 7. The highest BCUT2D eigenvalue weighted by molar-refractivity contribution is 5.90. The number of carbonyl (C=O) groups excluding carboxylic acids is 2. The maximum atomic E-state index is 13.4. The molecule has 4 N–H and O–H groups in total. The molecule has 3 rings (SSSR count). The molecule has 32 heavy (non-hydrogen) atoms. The molecule has 0 aliphatic carbocycles. The number of anilines is 1. The van der Waals surface area contributed by atoms with Crippen LogP contribution in [0.5, 0.6) is 0 Å². The van der Waals surface area contributed by atoms with E-state index in [1.54, 1.807) is 19.2 Å². The Morgan fingerprint density at radius 3 is 2.62 bits per heavy atom. The molecule has 172 valence electrons. The molecule has 1 saturated heterocycles. The average Bonchev–Trinajstić information content (AvgIpc) is 3.18. The summed E-state index contributed by atoms with van der Waals surface area (Å²) in [7, 11) is 1.80. The molecule has 2 heterocycles. The molecule has 1 aliphatic rings. The molecule has 1 aromatic carbocycles. The van der Waals surface area contributed by atoms with Crippen LogP contribution in [0.15, 0.2) is 42.6 Å². The Labute approximate surface area is 184 Å². The number of nitrogen functional groups attached to an aromatic ring is 1. The van der Waals surface area contributed by atoms with Gasteiger partial charge in [0.2, 0.25) is 11.8 Å². The molecule has 0 radical (unpaired) electrons. The third kappa shape index (κ3) is 5.97. The van der Waals surface area contributed by atoms with Gasteiger partial charge in [-0.3, -0.25) is 14.5 Å². The van der Waals surface area contributed by atoms with Gasteiger partial charge in [-0.1, -0.05) is 24.3 Å². The first kappa shape index (κ1) is 23.5. The summed E-state index contributed by atoms with van der Waals surface area (Å²) >= 11 is 0. The number of nitrogens with one attached hydrogen (secondary N) is 2. The highest BCUT2D eigenvalue weighted by atomic mass is 19.4. The number of aromatic nitrogens is 1. The SMILES string of the molecule is CN1CCCC1C(=O)N[C@@H](Cc1ccccc1C(F)(F)F)C(=O)NCc1ccc(N)nc1. The number of hydrogen-bond acceptors (Lipinski definition) is 5. The van der Waals surface area contributed by atoms with Crippen molar-refractivity contribution in [3.63, 3.8) is 0 Å². The fourth-order valence-electron chi connectivity index (χ4n) is 3.77. The van der Waals surface area contributed by atoms with Crippen molar-refractivity contribution < 1.29 is 22.8 Å². The molecule has 1 fully saturated rings. The fraction of sp³-hybridized carbons (Fsp3) is 0.409. The minimum Gasteiger partial charge on any atom is -0.384 e. The number of amides is 2. The van der Waals surface area contributed by atoms with Crippen molar-refractivity contribution in [3.8, 4) is 0 Å². The lowest BCUT2D eigenvalue weighted by Gasteiger charge is -2.24. The van der Waals surface area contributed by atoms with E-state index in [2.05, 4.69) is 15.6 Å². The highest BCUT2D eigenvalue weighted by Crippen LogP contribution is 2.32. The summed E-state index contributed by atoms with van der Waals surface area (Å²) in [6.45, 7) is 0.846. The zero-order chi connectivity index (χ0) is 23.3. The van der Waals surface area contributed by atoms with Gasteiger partial charge in [-0.25, -0.2) is 4.98 Å². The smallest absolute Gasteiger partial charge is 0.384 e. The van der Waals surface area contributed by atoms with Gasteiger partial charge in [-0.2, -0.15) is 13.2 Å². The van der Waals surface area contributed by atoms with Crippen LogP contribution in [0.1, 0.15) is 29.5 Å². The third-order valence-electron chi connectivity index (χ3n) is 5.52. The van der Waals surface area contributed by atoms with E-state index in [0.29, 0.717) is 17.8 Å². The molecular formula is C22H26F3N5O2. The number of likely N-dealkylation sites (tertiary alicyclic amines) is 1. The van der Waals surface area contributed by atoms with Gasteiger partial charge >= 0.3 is 6.18 Å². The van der Waals surface area contributed by atoms with Crippen molar-refractivity contribution >= 4 is 17.6 Å². The number of nitrogens with two attached hydrogens (primary N) is 1. The van der Waals surface area contributed by atoms with Crippen LogP contribution in [0.2, 0.25) is 0 Å². The van der Waals surface area contributed by atoms with Crippen LogP contribution in [0, 0.1) is 0 Å². The summed E-state index contributed by atoms with van der Waals surface area (Å²) < 4.78 is 40.3. The zero-order valence-corrected chi connectivity index (χ0v) is 17.7. The van der Waals surface area contributed by atoms with Crippen LogP contribution in [0.3, 0.4) is 0 Å². The van der Waals surface area contributed by atoms with Gasteiger partial charge in [0.1, 0.15) is 11.9 Å². The second-order valence-corrected chi connectivity index (χ2v) is 7.87. The van der Waals surface area contributed by atoms with Crippen molar-refractivity contribution in [1.29, 1.82) is 0 Å². The summed E-state index contributed by atoms with van der Waals surface area (Å²) in [6.07, 6.45) is -1.89. The quantitative estimate of drug-likeness (QED) is 0.601. The van der Waals surface area contributed by atoms with E-state index in [4.69, 9.17) is 5.73 Å². The lowest BCUT2D eigenvalue weighted by atomic mass is 9.98. The van der Waals surface area contributed by atoms with Crippen LogP contribution in [0.25, 0.3) is 0 Å². The van der Waals surface area contributed by atoms with E-state index < -0.39 is 29.7 Å². The molecule has 10 heteroatoms. The van der Waals surface area contributed by atoms with Crippen molar-refractivity contribution in [2.24, 2.45) is 0 Å². The van der Waals surface area contributed by atoms with Crippen molar-refractivity contribution in [2.75, 3.05) is 19.3 Å². The molecule has 1 aromatic heterocycles. The summed E-state index contributed by atoms with van der Waals surface area (Å²) in [5.74, 6) is -0.619. The first-order chi connectivity index (χ1) is 15.1. The molecule has 2 aromatic rings. The predicted molar refractivity (Wildman–Crippen MR) is 113 cm³/mol. The number of alkyl halides is 3. The van der Waals surface area contributed by atoms with Gasteiger partial charge < -0.3 is 16.4 Å². The Morgan fingerprint density at radius 2 is 2.00 bits per heavy atom. The van der Waals surface area contributed by atoms with Gasteiger partial charge in [-0.05, 0) is 49.7 Å². The molecule has 7 nitrogen and oxygen atoms in total. The fourth-order valence-corrected chi connectivity index (χ4v) is 3.77. The number of hydrogen-bond donors (Lipinski definition) is 3. The Balaban J connectivity index is 1.78. The number of benzene rings is 1. The van der Waals surface area contributed by atoms with E-state index in [9.17, 15) is 22.8 Å². The number of carbonyl (C=O) groups is 2. The topological polar surface area (TPSA) is 100 Å². The van der Waals surface area contributed by atoms with Gasteiger partial charge in [0.25, 0.3) is 0 Å². The molecule has 0 bridgehead atoms. The van der Waals surface area contributed by atoms with Gasteiger partial charge in [0.15, 0.2) is 0 Å². The van der Waals surface area contributed by atoms with Crippen molar-refractivity contribution in [2.45, 2.75) is 44.1 Å². The third-order valence-corrected chi connectivity index (χ3v) is 5.52. The summed E-state index contributed by atoms with van der Waals surface area (Å²) in [5, 5.41) is 5.34. The van der Waals surface area contributed by atoms with E-state index in [1.165, 1.54) is 24.4 Å². The first-order valence-electron chi connectivity index (χ1n) is 10.3. The average molecular weight is 449 g/mol. The van der Waals surface area contributed by atoms with Crippen LogP contribution in [-0.4, -0.2) is 47.4 Å². The second kappa shape index (κ2) is 9.99. The standard InChI is InChI=1S/C22H26F3N5O2/c1-30-10-4-7-18(30)21(32)29-17(11-15-5-2-3-6-16(15)22(23,24)25)20(31)28-13-14-8-9-19(26)27-12-14/h2-3,5-6,8-9,12,17-18H,4,7,10-11,13H2,1H3,(H2,26,27)(H,28,31)(H,29,32)/t17-,18?/m0/s1. The van der Waals surface area contributed by atoms with Gasteiger partial charge in [0.05, 0.1) is 11.6 Å². The summed E-state index contributed by atoms with van der Waals surface area (Å²) in [4.78, 5) is 31.5. The van der Waals surface area contributed by atoms with E-state index in [-0.39, 0.29) is 24.4 Å². The molecule has 1 aliphatic heterocycles. The second-order valence-electron chi connectivity index (χ2n) is 7.87. The molecular weight excluding hydrogens is 423 g/mol. The molecule has 2 atom stereocenters. The Hall–Kier alpha value is -3.14. The molecule has 0 spiro atoms. The first-order valence-corrected chi connectivity index (χ1v) is 10.3. The zero-order valence-electron chi connectivity index (χ0n) is 17.7. The number of pyridine rings is 1. The maximum absolute atomic E-state index is 13.4. The van der Waals surface area contributed by atoms with Crippen LogP contribution in [-0.2, 0) is 28.7 Å². The van der Waals surface area contributed by atoms with E-state index in [0.717, 1.165) is 19.0 Å². The lowest BCUT2D eigenvalue weighted by molar-refractivity contribution is -0.138. The normalized spacial score (nSPS) is 17.7. The minimum atomic E-state index is -4.57. The minimum absolute atomic E-state index is 0.0608. The predicted octanol–water partition coefficient (Wildman–Crippen LogP) is 2.12. The Morgan fingerprint density at radius 1 is 1.25 bits per heavy atom. The lowest BCUT2D eigenvalue weighted by Crippen LogP contribution is -2.52. The maximum Gasteiger partial charge on any atom is 0.416 e. The van der Waals surface area contributed by atoms with E-state index in [1.807, 2.05) is 4.90 Å².